The van der Waals surface area contributed by atoms with Crippen LogP contribution in [0.1, 0.15) is 12.3 Å². The van der Waals surface area contributed by atoms with Crippen molar-refractivity contribution in [2.24, 2.45) is 0 Å². The van der Waals surface area contributed by atoms with Crippen LogP contribution in [0.5, 0.6) is 0 Å². The normalized spacial score (nSPS) is 14.4. The lowest BCUT2D eigenvalue weighted by atomic mass is 9.81. The molecule has 0 N–H and O–H groups in total. The number of fused-ring (bicyclic) bond motifs is 5. The minimum atomic E-state index is -0.593. The largest absolute Gasteiger partial charge is 0.456 e. The topological polar surface area (TPSA) is 13.1 Å². The first-order chi connectivity index (χ1) is 26.1. The average Bonchev–Trinajstić information content (AvgIpc) is 3.59. The number of hydrogen-bond donors (Lipinski definition) is 0. The minimum absolute atomic E-state index is 0.0537. The number of benzene rings is 8. The van der Waals surface area contributed by atoms with Crippen LogP contribution in [0.4, 0.5) is 0 Å². The molecule has 8 aromatic carbocycles. The number of furan rings is 1. The van der Waals surface area contributed by atoms with E-state index in [1.54, 1.807) is 0 Å². The van der Waals surface area contributed by atoms with E-state index in [4.69, 9.17) is 15.4 Å². The smallest absolute Gasteiger partial charge is 0.136 e. The van der Waals surface area contributed by atoms with Gasteiger partial charge in [0.15, 0.2) is 0 Å². The summed E-state index contributed by atoms with van der Waals surface area (Å²) in [6.07, 6.45) is 0. The Morgan fingerprint density at radius 3 is 1.56 bits per heavy atom. The number of hydrogen-bond acceptors (Lipinski definition) is 1. The maximum absolute atomic E-state index is 9.36. The van der Waals surface area contributed by atoms with Crippen LogP contribution in [-0.2, 0) is 0 Å². The van der Waals surface area contributed by atoms with Crippen molar-refractivity contribution >= 4 is 43.5 Å². The Kier molecular flexibility index (Phi) is 4.15. The Hall–Kier alpha value is -5.92. The standard InChI is InChI=1S/C44H28O/c1-3-15-29(16-4-1)31-19-7-8-20-32(31)42-33-21-9-11-23-35(33)43(36-24-12-10-22-34(36)42)38-27-28-40-44(37-25-13-14-26-39(37)45-40)41(38)30-17-5-2-6-18-30/h1-28H/i1D,3D,4D,7D,8D,15D,16D,19D,20D. The van der Waals surface area contributed by atoms with Crippen molar-refractivity contribution in [2.75, 3.05) is 0 Å². The molecule has 1 heteroatoms. The molecule has 0 atom stereocenters. The van der Waals surface area contributed by atoms with Gasteiger partial charge < -0.3 is 4.42 Å². The van der Waals surface area contributed by atoms with Crippen LogP contribution in [0.25, 0.3) is 88.0 Å². The Morgan fingerprint density at radius 1 is 0.356 bits per heavy atom. The molecule has 0 aliphatic carbocycles. The van der Waals surface area contributed by atoms with E-state index in [0.29, 0.717) is 16.3 Å². The van der Waals surface area contributed by atoms with E-state index in [1.807, 2.05) is 91.0 Å². The fourth-order valence-corrected chi connectivity index (χ4v) is 6.68. The highest BCUT2D eigenvalue weighted by atomic mass is 16.3. The van der Waals surface area contributed by atoms with E-state index in [1.165, 1.54) is 0 Å². The van der Waals surface area contributed by atoms with Crippen molar-refractivity contribution in [3.05, 3.63) is 170 Å². The van der Waals surface area contributed by atoms with Gasteiger partial charge in [-0.05, 0) is 78.7 Å². The van der Waals surface area contributed by atoms with Crippen molar-refractivity contribution in [1.82, 2.24) is 0 Å². The molecule has 0 radical (unpaired) electrons. The molecule has 9 aromatic rings. The first kappa shape index (κ1) is 18.0. The molecular weight excluding hydrogens is 544 g/mol. The first-order valence-corrected chi connectivity index (χ1v) is 14.7. The van der Waals surface area contributed by atoms with E-state index >= 15 is 0 Å². The molecule has 0 aliphatic rings. The summed E-state index contributed by atoms with van der Waals surface area (Å²) in [5.74, 6) is 0. The lowest BCUT2D eigenvalue weighted by molar-refractivity contribution is 0.669. The van der Waals surface area contributed by atoms with Crippen LogP contribution in [-0.4, -0.2) is 0 Å². The zero-order valence-electron chi connectivity index (χ0n) is 32.9. The molecule has 0 bridgehead atoms. The van der Waals surface area contributed by atoms with Gasteiger partial charge >= 0.3 is 0 Å². The summed E-state index contributed by atoms with van der Waals surface area (Å²) in [7, 11) is 0. The molecular formula is C44H28O. The van der Waals surface area contributed by atoms with E-state index in [-0.39, 0.29) is 22.7 Å². The van der Waals surface area contributed by atoms with Gasteiger partial charge in [-0.2, -0.15) is 0 Å². The van der Waals surface area contributed by atoms with Crippen LogP contribution in [0.3, 0.4) is 0 Å². The second-order valence-electron chi connectivity index (χ2n) is 10.9. The van der Waals surface area contributed by atoms with E-state index in [9.17, 15) is 1.37 Å². The van der Waals surface area contributed by atoms with Gasteiger partial charge in [0.05, 0.1) is 12.3 Å². The maximum Gasteiger partial charge on any atom is 0.136 e. The lowest BCUT2D eigenvalue weighted by Crippen LogP contribution is -1.94. The summed E-state index contributed by atoms with van der Waals surface area (Å²) < 4.78 is 85.2. The summed E-state index contributed by atoms with van der Waals surface area (Å²) in [5.41, 5.74) is 5.39. The number of rotatable bonds is 4. The minimum Gasteiger partial charge on any atom is -0.456 e. The summed E-state index contributed by atoms with van der Waals surface area (Å²) in [6.45, 7) is 0. The van der Waals surface area contributed by atoms with E-state index in [2.05, 4.69) is 24.3 Å². The zero-order chi connectivity index (χ0) is 37.6. The van der Waals surface area contributed by atoms with Crippen molar-refractivity contribution < 1.29 is 16.8 Å². The van der Waals surface area contributed by atoms with Gasteiger partial charge in [-0.25, -0.2) is 0 Å². The predicted molar refractivity (Wildman–Crippen MR) is 190 cm³/mol. The lowest BCUT2D eigenvalue weighted by Gasteiger charge is -2.21. The molecule has 1 nitrogen and oxygen atoms in total. The average molecular weight is 582 g/mol. The highest BCUT2D eigenvalue weighted by molar-refractivity contribution is 6.25. The second-order valence-corrected chi connectivity index (χ2v) is 10.9. The van der Waals surface area contributed by atoms with Gasteiger partial charge in [-0.1, -0.05) is 151 Å². The fourth-order valence-electron chi connectivity index (χ4n) is 6.68. The van der Waals surface area contributed by atoms with Gasteiger partial charge in [0.2, 0.25) is 0 Å². The van der Waals surface area contributed by atoms with Crippen molar-refractivity contribution in [2.45, 2.75) is 0 Å². The highest BCUT2D eigenvalue weighted by Gasteiger charge is 2.23. The third-order valence-corrected chi connectivity index (χ3v) is 8.49. The summed E-state index contributed by atoms with van der Waals surface area (Å²) in [5, 5.41) is 4.88. The molecule has 0 unspecified atom stereocenters. The molecule has 1 heterocycles. The third kappa shape index (κ3) is 4.02. The van der Waals surface area contributed by atoms with Crippen molar-refractivity contribution in [1.29, 1.82) is 0 Å². The third-order valence-electron chi connectivity index (χ3n) is 8.49. The summed E-state index contributed by atoms with van der Waals surface area (Å²) >= 11 is 0. The van der Waals surface area contributed by atoms with Crippen LogP contribution < -0.4 is 0 Å². The van der Waals surface area contributed by atoms with Crippen LogP contribution in [0.2, 0.25) is 0 Å². The maximum atomic E-state index is 9.36. The van der Waals surface area contributed by atoms with Crippen LogP contribution in [0.15, 0.2) is 174 Å². The quantitative estimate of drug-likeness (QED) is 0.188. The predicted octanol–water partition coefficient (Wildman–Crippen LogP) is 12.6. The Morgan fingerprint density at radius 2 is 0.889 bits per heavy atom. The molecule has 45 heavy (non-hydrogen) atoms. The highest BCUT2D eigenvalue weighted by Crippen LogP contribution is 2.50. The zero-order valence-corrected chi connectivity index (χ0v) is 23.9. The van der Waals surface area contributed by atoms with Crippen LogP contribution in [0, 0.1) is 0 Å². The molecule has 0 saturated heterocycles. The summed E-state index contributed by atoms with van der Waals surface area (Å²) in [4.78, 5) is 0. The molecule has 1 aromatic heterocycles. The Bertz CT molecular complexity index is 2960. The van der Waals surface area contributed by atoms with Gasteiger partial charge in [0.1, 0.15) is 11.2 Å². The molecule has 0 fully saturated rings. The molecule has 0 aliphatic heterocycles. The van der Waals surface area contributed by atoms with Crippen molar-refractivity contribution in [3.8, 4) is 44.5 Å². The molecule has 0 saturated carbocycles. The van der Waals surface area contributed by atoms with Crippen LogP contribution >= 0.6 is 0 Å². The van der Waals surface area contributed by atoms with E-state index in [0.717, 1.165) is 55.0 Å². The summed E-state index contributed by atoms with van der Waals surface area (Å²) in [6, 6.07) is 32.7. The van der Waals surface area contributed by atoms with E-state index < -0.39 is 48.3 Å². The fraction of sp³-hybridized carbons (Fsp3) is 0. The first-order valence-electron chi connectivity index (χ1n) is 19.2. The van der Waals surface area contributed by atoms with Gasteiger partial charge in [0, 0.05) is 16.3 Å². The Labute approximate surface area is 274 Å². The van der Waals surface area contributed by atoms with Crippen molar-refractivity contribution in [3.63, 3.8) is 0 Å². The molecule has 0 spiro atoms. The Balaban J connectivity index is 1.49. The second kappa shape index (κ2) is 10.4. The monoisotopic (exact) mass is 581 g/mol. The van der Waals surface area contributed by atoms with Gasteiger partial charge in [0.25, 0.3) is 0 Å². The SMILES string of the molecule is [2H]c1c([2H])c([2H])c(-c2c([2H])c([2H])c([2H])c([2H])c2-c2c3ccccc3c(-c3ccc4oc5ccccc5c4c3-c3ccccc3)c3ccccc23)c([2H])c1[2H]. The number of para-hydroxylation sites is 1. The molecule has 210 valence electrons. The molecule has 0 amide bonds. The molecule has 9 rings (SSSR count). The van der Waals surface area contributed by atoms with Gasteiger partial charge in [-0.3, -0.25) is 0 Å². The van der Waals surface area contributed by atoms with Gasteiger partial charge in [-0.15, -0.1) is 0 Å².